The molecule has 0 unspecified atom stereocenters. The average molecular weight is 418 g/mol. The summed E-state index contributed by atoms with van der Waals surface area (Å²) in [7, 11) is 0. The molecule has 0 aliphatic heterocycles. The van der Waals surface area contributed by atoms with Gasteiger partial charge >= 0.3 is 5.97 Å². The van der Waals surface area contributed by atoms with Gasteiger partial charge in [-0.05, 0) is 56.4 Å². The Hall–Kier alpha value is -2.95. The molecule has 5 heteroatoms. The molecule has 1 heterocycles. The van der Waals surface area contributed by atoms with E-state index in [2.05, 4.69) is 20.8 Å². The van der Waals surface area contributed by atoms with Crippen molar-refractivity contribution in [1.29, 1.82) is 0 Å². The molecule has 1 fully saturated rings. The third kappa shape index (κ3) is 4.71. The first-order valence-electron chi connectivity index (χ1n) is 11.2. The van der Waals surface area contributed by atoms with E-state index in [0.717, 1.165) is 41.2 Å². The minimum Gasteiger partial charge on any atom is -0.478 e. The highest BCUT2D eigenvalue weighted by Crippen LogP contribution is 2.32. The van der Waals surface area contributed by atoms with Gasteiger partial charge in [-0.2, -0.15) is 5.10 Å². The highest BCUT2D eigenvalue weighted by molar-refractivity contribution is 5.96. The molecule has 0 atom stereocenters. The summed E-state index contributed by atoms with van der Waals surface area (Å²) in [6, 6.07) is 15.4. The van der Waals surface area contributed by atoms with Gasteiger partial charge in [0.15, 0.2) is 5.82 Å². The van der Waals surface area contributed by atoms with Crippen LogP contribution in [0.3, 0.4) is 0 Å². The van der Waals surface area contributed by atoms with Crippen molar-refractivity contribution in [2.24, 2.45) is 0 Å². The second kappa shape index (κ2) is 8.66. The van der Waals surface area contributed by atoms with E-state index in [-0.39, 0.29) is 5.54 Å². The van der Waals surface area contributed by atoms with Crippen LogP contribution < -0.4 is 0 Å². The first-order chi connectivity index (χ1) is 14.8. The third-order valence-electron chi connectivity index (χ3n) is 6.06. The van der Waals surface area contributed by atoms with Gasteiger partial charge in [-0.25, -0.2) is 14.5 Å². The Bertz CT molecular complexity index is 1060. The van der Waals surface area contributed by atoms with Crippen LogP contribution in [0.1, 0.15) is 86.4 Å². The molecule has 2 aromatic carbocycles. The lowest BCUT2D eigenvalue weighted by atomic mass is 9.89. The Morgan fingerprint density at radius 3 is 2.42 bits per heavy atom. The molecular weight excluding hydrogens is 386 g/mol. The molecule has 5 nitrogen and oxygen atoms in total. The van der Waals surface area contributed by atoms with Crippen LogP contribution >= 0.6 is 0 Å². The lowest BCUT2D eigenvalue weighted by molar-refractivity contribution is 0.0697. The predicted octanol–water partition coefficient (Wildman–Crippen LogP) is 6.04. The van der Waals surface area contributed by atoms with Gasteiger partial charge in [0.05, 0.1) is 11.1 Å². The zero-order chi connectivity index (χ0) is 22.0. The average Bonchev–Trinajstić information content (AvgIpc) is 3.19. The van der Waals surface area contributed by atoms with Gasteiger partial charge in [-0.15, -0.1) is 0 Å². The summed E-state index contributed by atoms with van der Waals surface area (Å²) in [5.74, 6) is 1.37. The summed E-state index contributed by atoms with van der Waals surface area (Å²) in [4.78, 5) is 17.0. The molecule has 1 N–H and O–H groups in total. The van der Waals surface area contributed by atoms with Crippen molar-refractivity contribution in [3.63, 3.8) is 0 Å². The molecule has 4 rings (SSSR count). The summed E-state index contributed by atoms with van der Waals surface area (Å²) >= 11 is 0. The van der Waals surface area contributed by atoms with E-state index in [1.807, 2.05) is 47.1 Å². The van der Waals surface area contributed by atoms with Crippen molar-refractivity contribution in [1.82, 2.24) is 14.8 Å². The Labute approximate surface area is 184 Å². The second-order valence-corrected chi connectivity index (χ2v) is 9.53. The summed E-state index contributed by atoms with van der Waals surface area (Å²) in [5, 5.41) is 14.8. The molecule has 162 valence electrons. The Morgan fingerprint density at radius 1 is 1.06 bits per heavy atom. The van der Waals surface area contributed by atoms with Crippen LogP contribution in [0.15, 0.2) is 48.5 Å². The standard InChI is InChI=1S/C26H31N3O2/c1-26(2,3)29-23(27-24(28-29)20-12-8-5-9-13-20)17-18-14-15-21(22(16-18)25(30)31)19-10-6-4-7-11-19/h4,6-7,10-11,14-16,20H,5,8-9,12-13,17H2,1-3H3,(H,30,31). The maximum absolute atomic E-state index is 12.0. The van der Waals surface area contributed by atoms with E-state index < -0.39 is 5.97 Å². The Kier molecular flexibility index (Phi) is 5.94. The van der Waals surface area contributed by atoms with E-state index in [4.69, 9.17) is 10.1 Å². The van der Waals surface area contributed by atoms with Crippen LogP contribution in [0.5, 0.6) is 0 Å². The molecule has 1 aliphatic carbocycles. The van der Waals surface area contributed by atoms with Crippen molar-refractivity contribution in [2.75, 3.05) is 0 Å². The number of hydrogen-bond donors (Lipinski definition) is 1. The molecule has 0 amide bonds. The predicted molar refractivity (Wildman–Crippen MR) is 122 cm³/mol. The van der Waals surface area contributed by atoms with Crippen LogP contribution in [0, 0.1) is 0 Å². The number of aromatic carboxylic acids is 1. The number of hydrogen-bond acceptors (Lipinski definition) is 3. The number of benzene rings is 2. The van der Waals surface area contributed by atoms with Gasteiger partial charge in [-0.1, -0.05) is 61.7 Å². The summed E-state index contributed by atoms with van der Waals surface area (Å²) in [5.41, 5.74) is 2.71. The number of rotatable bonds is 5. The number of carbonyl (C=O) groups is 1. The second-order valence-electron chi connectivity index (χ2n) is 9.53. The molecule has 1 aliphatic rings. The van der Waals surface area contributed by atoms with Crippen LogP contribution in [0.2, 0.25) is 0 Å². The van der Waals surface area contributed by atoms with Gasteiger partial charge in [0.25, 0.3) is 0 Å². The van der Waals surface area contributed by atoms with Crippen molar-refractivity contribution in [3.05, 3.63) is 71.3 Å². The summed E-state index contributed by atoms with van der Waals surface area (Å²) in [6.07, 6.45) is 6.66. The van der Waals surface area contributed by atoms with Crippen molar-refractivity contribution < 1.29 is 9.90 Å². The number of nitrogens with zero attached hydrogens (tertiary/aromatic N) is 3. The van der Waals surface area contributed by atoms with E-state index >= 15 is 0 Å². The fourth-order valence-corrected chi connectivity index (χ4v) is 4.48. The first kappa shape index (κ1) is 21.3. The van der Waals surface area contributed by atoms with Gasteiger partial charge in [0, 0.05) is 12.3 Å². The van der Waals surface area contributed by atoms with E-state index in [0.29, 0.717) is 17.9 Å². The Morgan fingerprint density at radius 2 is 1.77 bits per heavy atom. The zero-order valence-corrected chi connectivity index (χ0v) is 18.6. The summed E-state index contributed by atoms with van der Waals surface area (Å²) < 4.78 is 2.03. The molecular formula is C26H31N3O2. The van der Waals surface area contributed by atoms with E-state index in [1.54, 1.807) is 6.07 Å². The van der Waals surface area contributed by atoms with Gasteiger partial charge in [-0.3, -0.25) is 0 Å². The van der Waals surface area contributed by atoms with Gasteiger partial charge < -0.3 is 5.11 Å². The lowest BCUT2D eigenvalue weighted by Gasteiger charge is -2.22. The Balaban J connectivity index is 1.69. The SMILES string of the molecule is CC(C)(C)n1nc(C2CCCCC2)nc1Cc1ccc(-c2ccccc2)c(C(=O)O)c1. The van der Waals surface area contributed by atoms with Gasteiger partial charge in [0.2, 0.25) is 0 Å². The molecule has 0 radical (unpaired) electrons. The minimum atomic E-state index is -0.916. The molecule has 1 aromatic heterocycles. The van der Waals surface area contributed by atoms with Crippen LogP contribution in [-0.2, 0) is 12.0 Å². The largest absolute Gasteiger partial charge is 0.478 e. The van der Waals surface area contributed by atoms with Crippen molar-refractivity contribution in [3.8, 4) is 11.1 Å². The molecule has 3 aromatic rings. The quantitative estimate of drug-likeness (QED) is 0.550. The normalized spacial score (nSPS) is 15.2. The number of carboxylic acid groups (broad SMARTS) is 1. The fraction of sp³-hybridized carbons (Fsp3) is 0.423. The maximum atomic E-state index is 12.0. The van der Waals surface area contributed by atoms with E-state index in [1.165, 1.54) is 19.3 Å². The van der Waals surface area contributed by atoms with Crippen LogP contribution in [-0.4, -0.2) is 25.8 Å². The fourth-order valence-electron chi connectivity index (χ4n) is 4.48. The zero-order valence-electron chi connectivity index (χ0n) is 18.6. The molecule has 0 spiro atoms. The first-order valence-corrected chi connectivity index (χ1v) is 11.2. The number of carboxylic acids is 1. The molecule has 0 bridgehead atoms. The minimum absolute atomic E-state index is 0.186. The smallest absolute Gasteiger partial charge is 0.336 e. The third-order valence-corrected chi connectivity index (χ3v) is 6.06. The number of aromatic nitrogens is 3. The van der Waals surface area contributed by atoms with Crippen molar-refractivity contribution >= 4 is 5.97 Å². The van der Waals surface area contributed by atoms with Crippen molar-refractivity contribution in [2.45, 2.75) is 70.8 Å². The monoisotopic (exact) mass is 417 g/mol. The maximum Gasteiger partial charge on any atom is 0.336 e. The van der Waals surface area contributed by atoms with Gasteiger partial charge in [0.1, 0.15) is 5.82 Å². The topological polar surface area (TPSA) is 68.0 Å². The molecule has 1 saturated carbocycles. The summed E-state index contributed by atoms with van der Waals surface area (Å²) in [6.45, 7) is 6.41. The highest BCUT2D eigenvalue weighted by atomic mass is 16.4. The lowest BCUT2D eigenvalue weighted by Crippen LogP contribution is -2.26. The molecule has 31 heavy (non-hydrogen) atoms. The molecule has 0 saturated heterocycles. The van der Waals surface area contributed by atoms with Crippen LogP contribution in [0.25, 0.3) is 11.1 Å². The van der Waals surface area contributed by atoms with E-state index in [9.17, 15) is 9.90 Å². The van der Waals surface area contributed by atoms with Crippen LogP contribution in [0.4, 0.5) is 0 Å². The highest BCUT2D eigenvalue weighted by Gasteiger charge is 2.26.